The van der Waals surface area contributed by atoms with E-state index in [4.69, 9.17) is 39.5 Å². The van der Waals surface area contributed by atoms with Gasteiger partial charge in [0.25, 0.3) is 6.01 Å². The van der Waals surface area contributed by atoms with Crippen LogP contribution in [0, 0.1) is 0 Å². The summed E-state index contributed by atoms with van der Waals surface area (Å²) in [5, 5.41) is 1.11. The molecule has 0 saturated carbocycles. The molecule has 96 valence electrons. The quantitative estimate of drug-likeness (QED) is 0.695. The van der Waals surface area contributed by atoms with Crippen LogP contribution in [0.15, 0.2) is 36.4 Å². The number of benzene rings is 2. The highest BCUT2D eigenvalue weighted by molar-refractivity contribution is 6.40. The normalized spacial score (nSPS) is 10.9. The van der Waals surface area contributed by atoms with E-state index in [1.807, 2.05) is 24.3 Å². The SMILES string of the molecule is Clc1cc(Cl)c(Oc2nc3ccccc3[nH]2)c(Cl)c1. The van der Waals surface area contributed by atoms with Crippen molar-refractivity contribution in [3.8, 4) is 11.8 Å². The van der Waals surface area contributed by atoms with Gasteiger partial charge in [-0.25, -0.2) is 0 Å². The molecule has 3 aromatic rings. The summed E-state index contributed by atoms with van der Waals surface area (Å²) in [6.45, 7) is 0. The lowest BCUT2D eigenvalue weighted by Gasteiger charge is -2.06. The summed E-state index contributed by atoms with van der Waals surface area (Å²) in [5.41, 5.74) is 1.68. The van der Waals surface area contributed by atoms with Crippen LogP contribution in [0.2, 0.25) is 15.1 Å². The first-order valence-corrected chi connectivity index (χ1v) is 6.54. The van der Waals surface area contributed by atoms with E-state index in [1.165, 1.54) is 0 Å². The lowest BCUT2D eigenvalue weighted by molar-refractivity contribution is 0.450. The van der Waals surface area contributed by atoms with Crippen molar-refractivity contribution in [1.29, 1.82) is 0 Å². The van der Waals surface area contributed by atoms with Crippen molar-refractivity contribution in [2.45, 2.75) is 0 Å². The topological polar surface area (TPSA) is 37.9 Å². The molecule has 0 saturated heterocycles. The van der Waals surface area contributed by atoms with E-state index >= 15 is 0 Å². The fourth-order valence-corrected chi connectivity index (χ4v) is 2.59. The average Bonchev–Trinajstić information content (AvgIpc) is 2.76. The monoisotopic (exact) mass is 312 g/mol. The molecule has 6 heteroatoms. The number of imidazole rings is 1. The Bertz CT molecular complexity index is 698. The molecule has 1 N–H and O–H groups in total. The predicted molar refractivity (Wildman–Crippen MR) is 77.6 cm³/mol. The molecule has 0 fully saturated rings. The van der Waals surface area contributed by atoms with Crippen LogP contribution in [0.3, 0.4) is 0 Å². The van der Waals surface area contributed by atoms with Crippen molar-refractivity contribution in [2.75, 3.05) is 0 Å². The molecular formula is C13H7Cl3N2O. The van der Waals surface area contributed by atoms with Gasteiger partial charge in [0.2, 0.25) is 0 Å². The molecule has 1 aromatic heterocycles. The molecule has 0 spiro atoms. The van der Waals surface area contributed by atoms with Crippen molar-refractivity contribution in [2.24, 2.45) is 0 Å². The van der Waals surface area contributed by atoms with Crippen molar-refractivity contribution in [3.05, 3.63) is 51.5 Å². The maximum atomic E-state index is 6.05. The van der Waals surface area contributed by atoms with Gasteiger partial charge in [-0.05, 0) is 24.3 Å². The summed E-state index contributed by atoms with van der Waals surface area (Å²) in [4.78, 5) is 7.31. The van der Waals surface area contributed by atoms with Crippen molar-refractivity contribution in [1.82, 2.24) is 9.97 Å². The number of H-pyrrole nitrogens is 1. The number of aromatic nitrogens is 2. The summed E-state index contributed by atoms with van der Waals surface area (Å²) in [6.07, 6.45) is 0. The molecule has 0 amide bonds. The van der Waals surface area contributed by atoms with E-state index in [0.717, 1.165) is 11.0 Å². The molecule has 19 heavy (non-hydrogen) atoms. The molecule has 3 nitrogen and oxygen atoms in total. The second-order valence-electron chi connectivity index (χ2n) is 3.86. The number of nitrogens with one attached hydrogen (secondary N) is 1. The molecule has 0 radical (unpaired) electrons. The van der Waals surface area contributed by atoms with Crippen LogP contribution >= 0.6 is 34.8 Å². The molecule has 0 bridgehead atoms. The lowest BCUT2D eigenvalue weighted by Crippen LogP contribution is -1.88. The predicted octanol–water partition coefficient (Wildman–Crippen LogP) is 5.32. The van der Waals surface area contributed by atoms with Gasteiger partial charge in [0, 0.05) is 5.02 Å². The third kappa shape index (κ3) is 2.50. The van der Waals surface area contributed by atoms with Gasteiger partial charge >= 0.3 is 0 Å². The van der Waals surface area contributed by atoms with Gasteiger partial charge < -0.3 is 9.72 Å². The van der Waals surface area contributed by atoms with Crippen LogP contribution in [0.25, 0.3) is 11.0 Å². The number of nitrogens with zero attached hydrogens (tertiary/aromatic N) is 1. The lowest BCUT2D eigenvalue weighted by atomic mass is 10.3. The molecule has 0 unspecified atom stereocenters. The van der Waals surface area contributed by atoms with Crippen LogP contribution in [-0.2, 0) is 0 Å². The van der Waals surface area contributed by atoms with Gasteiger partial charge in [-0.2, -0.15) is 4.98 Å². The summed E-state index contributed by atoms with van der Waals surface area (Å²) in [6, 6.07) is 11.0. The van der Waals surface area contributed by atoms with Gasteiger partial charge in [-0.1, -0.05) is 46.9 Å². The fourth-order valence-electron chi connectivity index (χ4n) is 1.70. The van der Waals surface area contributed by atoms with Crippen molar-refractivity contribution >= 4 is 45.8 Å². The van der Waals surface area contributed by atoms with Crippen molar-refractivity contribution < 1.29 is 4.74 Å². The molecule has 0 atom stereocenters. The van der Waals surface area contributed by atoms with Crippen molar-refractivity contribution in [3.63, 3.8) is 0 Å². The number of hydrogen-bond acceptors (Lipinski definition) is 2. The molecule has 1 heterocycles. The van der Waals surface area contributed by atoms with E-state index in [-0.39, 0.29) is 0 Å². The van der Waals surface area contributed by atoms with Gasteiger partial charge in [-0.3, -0.25) is 0 Å². The Morgan fingerprint density at radius 1 is 1.00 bits per heavy atom. The van der Waals surface area contributed by atoms with Gasteiger partial charge in [0.1, 0.15) is 0 Å². The minimum Gasteiger partial charge on any atom is -0.422 e. The Morgan fingerprint density at radius 3 is 2.37 bits per heavy atom. The number of rotatable bonds is 2. The molecule has 3 rings (SSSR count). The fraction of sp³-hybridized carbons (Fsp3) is 0. The highest BCUT2D eigenvalue weighted by Crippen LogP contribution is 2.38. The smallest absolute Gasteiger partial charge is 0.300 e. The van der Waals surface area contributed by atoms with E-state index in [1.54, 1.807) is 12.1 Å². The van der Waals surface area contributed by atoms with Crippen LogP contribution in [0.1, 0.15) is 0 Å². The van der Waals surface area contributed by atoms with Crippen LogP contribution < -0.4 is 4.74 Å². The van der Waals surface area contributed by atoms with E-state index in [9.17, 15) is 0 Å². The number of ether oxygens (including phenoxy) is 1. The average molecular weight is 314 g/mol. The van der Waals surface area contributed by atoms with E-state index in [2.05, 4.69) is 9.97 Å². The second-order valence-corrected chi connectivity index (χ2v) is 5.11. The highest BCUT2D eigenvalue weighted by Gasteiger charge is 2.12. The maximum absolute atomic E-state index is 6.05. The zero-order valence-electron chi connectivity index (χ0n) is 9.45. The summed E-state index contributed by atoms with van der Waals surface area (Å²) >= 11 is 17.9. The van der Waals surface area contributed by atoms with Gasteiger partial charge in [0.05, 0.1) is 21.1 Å². The first-order valence-electron chi connectivity index (χ1n) is 5.40. The van der Waals surface area contributed by atoms with Gasteiger partial charge in [0.15, 0.2) is 5.75 Å². The maximum Gasteiger partial charge on any atom is 0.300 e. The third-order valence-corrected chi connectivity index (χ3v) is 3.31. The Labute approximate surface area is 124 Å². The molecule has 0 aliphatic heterocycles. The number of hydrogen-bond donors (Lipinski definition) is 1. The van der Waals surface area contributed by atoms with Gasteiger partial charge in [-0.15, -0.1) is 0 Å². The van der Waals surface area contributed by atoms with Crippen LogP contribution in [0.5, 0.6) is 11.8 Å². The van der Waals surface area contributed by atoms with Crippen LogP contribution in [-0.4, -0.2) is 9.97 Å². The number of aromatic amines is 1. The zero-order valence-corrected chi connectivity index (χ0v) is 11.7. The Balaban J connectivity index is 2.01. The standard InChI is InChI=1S/C13H7Cl3N2O/c14-7-5-8(15)12(9(16)6-7)19-13-17-10-3-1-2-4-11(10)18-13/h1-6H,(H,17,18). The third-order valence-electron chi connectivity index (χ3n) is 2.53. The first-order chi connectivity index (χ1) is 9.13. The first kappa shape index (κ1) is 12.6. The molecule has 0 aliphatic carbocycles. The second kappa shape index (κ2) is 4.93. The summed E-state index contributed by atoms with van der Waals surface area (Å²) in [7, 11) is 0. The largest absolute Gasteiger partial charge is 0.422 e. The molecule has 2 aromatic carbocycles. The van der Waals surface area contributed by atoms with Crippen LogP contribution in [0.4, 0.5) is 0 Å². The number of fused-ring (bicyclic) bond motifs is 1. The Hall–Kier alpha value is -1.42. The Kier molecular flexibility index (Phi) is 3.27. The highest BCUT2D eigenvalue weighted by atomic mass is 35.5. The van der Waals surface area contributed by atoms with E-state index < -0.39 is 0 Å². The molecular weight excluding hydrogens is 307 g/mol. The summed E-state index contributed by atoms with van der Waals surface area (Å²) in [5.74, 6) is 0.326. The Morgan fingerprint density at radius 2 is 1.68 bits per heavy atom. The number of halogens is 3. The number of para-hydroxylation sites is 2. The molecule has 0 aliphatic rings. The van der Waals surface area contributed by atoms with E-state index in [0.29, 0.717) is 26.8 Å². The minimum atomic E-state index is 0.326. The summed E-state index contributed by atoms with van der Waals surface area (Å²) < 4.78 is 5.59. The zero-order chi connectivity index (χ0) is 13.4. The minimum absolute atomic E-state index is 0.326.